The van der Waals surface area contributed by atoms with E-state index in [4.69, 9.17) is 26.2 Å². The number of rotatable bonds is 16. The average molecular weight is 784 g/mol. The van der Waals surface area contributed by atoms with Gasteiger partial charge in [0.25, 0.3) is 0 Å². The summed E-state index contributed by atoms with van der Waals surface area (Å²) in [6.45, 7) is 3.65. The highest BCUT2D eigenvalue weighted by Gasteiger charge is 2.17. The maximum absolute atomic E-state index is 11.0. The number of pyridine rings is 1. The second-order valence-corrected chi connectivity index (χ2v) is 13.9. The number of hydrogen-bond donors (Lipinski definition) is 3. The van der Waals surface area contributed by atoms with Crippen molar-refractivity contribution < 1.29 is 24.5 Å². The van der Waals surface area contributed by atoms with E-state index in [0.717, 1.165) is 44.4 Å². The average Bonchev–Trinajstić information content (AvgIpc) is 3.11. The molecular weight excluding hydrogens is 744 g/mol. The summed E-state index contributed by atoms with van der Waals surface area (Å²) < 4.78 is 13.5. The molecular formula is C41H40BrClN4O5. The quantitative estimate of drug-likeness (QED) is 0.0909. The van der Waals surface area contributed by atoms with Gasteiger partial charge >= 0.3 is 5.97 Å². The van der Waals surface area contributed by atoms with Gasteiger partial charge in [-0.15, -0.1) is 0 Å². The van der Waals surface area contributed by atoms with Crippen molar-refractivity contribution in [2.75, 3.05) is 20.6 Å². The first kappa shape index (κ1) is 38.5. The molecule has 0 fully saturated rings. The van der Waals surface area contributed by atoms with Crippen LogP contribution in [0.2, 0.25) is 5.02 Å². The number of halogens is 2. The Morgan fingerprint density at radius 3 is 2.38 bits per heavy atom. The van der Waals surface area contributed by atoms with Crippen LogP contribution in [0.4, 0.5) is 0 Å². The lowest BCUT2D eigenvalue weighted by atomic mass is 9.94. The number of carboxylic acids is 1. The summed E-state index contributed by atoms with van der Waals surface area (Å²) in [4.78, 5) is 17.2. The molecule has 0 radical (unpaired) electrons. The van der Waals surface area contributed by atoms with Gasteiger partial charge in [-0.05, 0) is 88.0 Å². The van der Waals surface area contributed by atoms with Crippen LogP contribution in [0.25, 0.3) is 22.3 Å². The Kier molecular flexibility index (Phi) is 13.4. The molecule has 0 saturated carbocycles. The van der Waals surface area contributed by atoms with Crippen molar-refractivity contribution in [1.82, 2.24) is 15.2 Å². The molecule has 5 rings (SSSR count). The number of nitriles is 1. The maximum Gasteiger partial charge on any atom is 0.306 e. The normalized spacial score (nSPS) is 11.7. The van der Waals surface area contributed by atoms with E-state index in [2.05, 4.69) is 107 Å². The van der Waals surface area contributed by atoms with Crippen LogP contribution < -0.4 is 14.8 Å². The van der Waals surface area contributed by atoms with Gasteiger partial charge in [-0.3, -0.25) is 9.78 Å². The van der Waals surface area contributed by atoms with Crippen LogP contribution in [-0.4, -0.2) is 52.8 Å². The fourth-order valence-corrected chi connectivity index (χ4v) is 6.75. The number of hydrogen-bond acceptors (Lipinski definition) is 8. The van der Waals surface area contributed by atoms with Crippen LogP contribution in [-0.2, 0) is 31.1 Å². The van der Waals surface area contributed by atoms with Gasteiger partial charge in [0, 0.05) is 53.7 Å². The number of nitrogens with zero attached hydrogens (tertiary/aromatic N) is 3. The second-order valence-electron chi connectivity index (χ2n) is 12.7. The highest BCUT2D eigenvalue weighted by Crippen LogP contribution is 2.39. The van der Waals surface area contributed by atoms with Crippen molar-refractivity contribution in [1.29, 1.82) is 5.26 Å². The summed E-state index contributed by atoms with van der Waals surface area (Å²) in [6, 6.07) is 28.3. The number of nitrogens with one attached hydrogen (secondary N) is 1. The molecule has 1 atom stereocenters. The zero-order valence-electron chi connectivity index (χ0n) is 29.2. The molecule has 9 nitrogen and oxygen atoms in total. The molecule has 268 valence electrons. The first-order valence-electron chi connectivity index (χ1n) is 16.7. The molecule has 11 heteroatoms. The summed E-state index contributed by atoms with van der Waals surface area (Å²) in [5, 5.41) is 31.7. The number of aromatic nitrogens is 1. The molecule has 0 unspecified atom stereocenters. The van der Waals surface area contributed by atoms with Gasteiger partial charge in [0.15, 0.2) is 0 Å². The number of benzene rings is 4. The third-order valence-electron chi connectivity index (χ3n) is 8.42. The lowest BCUT2D eigenvalue weighted by Crippen LogP contribution is -2.28. The minimum absolute atomic E-state index is 0.0629. The molecule has 0 saturated heterocycles. The summed E-state index contributed by atoms with van der Waals surface area (Å²) in [7, 11) is 4.12. The van der Waals surface area contributed by atoms with E-state index in [1.165, 1.54) is 11.8 Å². The standard InChI is InChI=1S/C41H40BrClN4O5/c1-26-31(6-4-7-34(26)36-9-5-8-35(41(36)42)30-12-10-27(11-13-30)23-47(2)3)25-52-39-17-38(51-24-29-14-28(18-44)19-45-20-29)32(15-37(39)43)21-46-22-33(48)16-40(49)50/h4-15,17,19-20,33,46,48H,16,21-25H2,1-3H3,(H,49,50)/t33-/m0/s1. The van der Waals surface area contributed by atoms with E-state index in [-0.39, 0.29) is 32.7 Å². The molecule has 1 heterocycles. The second kappa shape index (κ2) is 18.1. The number of aliphatic hydroxyl groups excluding tert-OH is 1. The van der Waals surface area contributed by atoms with E-state index in [1.807, 2.05) is 12.1 Å². The zero-order valence-corrected chi connectivity index (χ0v) is 31.5. The van der Waals surface area contributed by atoms with Crippen molar-refractivity contribution in [3.8, 4) is 39.8 Å². The summed E-state index contributed by atoms with van der Waals surface area (Å²) in [6.07, 6.45) is 1.68. The molecule has 3 N–H and O–H groups in total. The molecule has 0 bridgehead atoms. The van der Waals surface area contributed by atoms with Gasteiger partial charge in [0.05, 0.1) is 23.1 Å². The molecule has 5 aromatic rings. The zero-order chi connectivity index (χ0) is 37.2. The van der Waals surface area contributed by atoms with Crippen LogP contribution in [0.1, 0.15) is 39.8 Å². The van der Waals surface area contributed by atoms with Gasteiger partial charge in [0.2, 0.25) is 0 Å². The Bertz CT molecular complexity index is 2070. The van der Waals surface area contributed by atoms with Crippen molar-refractivity contribution >= 4 is 33.5 Å². The Balaban J connectivity index is 1.37. The predicted octanol–water partition coefficient (Wildman–Crippen LogP) is 8.16. The Hall–Kier alpha value is -4.76. The molecule has 0 aliphatic rings. The highest BCUT2D eigenvalue weighted by atomic mass is 79.9. The van der Waals surface area contributed by atoms with Crippen LogP contribution in [0.15, 0.2) is 95.7 Å². The van der Waals surface area contributed by atoms with Crippen LogP contribution >= 0.6 is 27.5 Å². The van der Waals surface area contributed by atoms with Crippen molar-refractivity contribution in [2.45, 2.75) is 45.8 Å². The van der Waals surface area contributed by atoms with Crippen molar-refractivity contribution in [2.24, 2.45) is 0 Å². The Morgan fingerprint density at radius 2 is 1.65 bits per heavy atom. The third kappa shape index (κ3) is 10.2. The lowest BCUT2D eigenvalue weighted by molar-refractivity contribution is -0.139. The van der Waals surface area contributed by atoms with Crippen LogP contribution in [0.3, 0.4) is 0 Å². The van der Waals surface area contributed by atoms with E-state index >= 15 is 0 Å². The summed E-state index contributed by atoms with van der Waals surface area (Å²) in [5.74, 6) is -0.191. The molecule has 0 amide bonds. The molecule has 0 aliphatic heterocycles. The minimum Gasteiger partial charge on any atom is -0.488 e. The minimum atomic E-state index is -1.08. The van der Waals surface area contributed by atoms with Crippen molar-refractivity contribution in [3.63, 3.8) is 0 Å². The van der Waals surface area contributed by atoms with E-state index in [0.29, 0.717) is 33.2 Å². The third-order valence-corrected chi connectivity index (χ3v) is 9.57. The highest BCUT2D eigenvalue weighted by molar-refractivity contribution is 9.10. The largest absolute Gasteiger partial charge is 0.488 e. The van der Waals surface area contributed by atoms with E-state index < -0.39 is 12.1 Å². The van der Waals surface area contributed by atoms with Gasteiger partial charge in [-0.2, -0.15) is 5.26 Å². The number of aliphatic carboxylic acids is 1. The molecule has 0 aliphatic carbocycles. The van der Waals surface area contributed by atoms with Crippen LogP contribution in [0.5, 0.6) is 11.5 Å². The summed E-state index contributed by atoms with van der Waals surface area (Å²) >= 11 is 10.7. The van der Waals surface area contributed by atoms with E-state index in [1.54, 1.807) is 24.4 Å². The first-order valence-corrected chi connectivity index (χ1v) is 17.8. The van der Waals surface area contributed by atoms with E-state index in [9.17, 15) is 15.2 Å². The monoisotopic (exact) mass is 782 g/mol. The molecule has 1 aromatic heterocycles. The maximum atomic E-state index is 11.0. The van der Waals surface area contributed by atoms with Gasteiger partial charge in [-0.25, -0.2) is 0 Å². The number of ether oxygens (including phenoxy) is 2. The number of carboxylic acid groups (broad SMARTS) is 1. The number of aliphatic hydroxyl groups is 1. The molecule has 0 spiro atoms. The van der Waals surface area contributed by atoms with Gasteiger partial charge < -0.3 is 29.9 Å². The van der Waals surface area contributed by atoms with Gasteiger partial charge in [-0.1, -0.05) is 72.3 Å². The Morgan fingerprint density at radius 1 is 0.942 bits per heavy atom. The van der Waals surface area contributed by atoms with Gasteiger partial charge in [0.1, 0.15) is 30.8 Å². The first-order chi connectivity index (χ1) is 25.0. The fourth-order valence-electron chi connectivity index (χ4n) is 5.80. The van der Waals surface area contributed by atoms with Crippen molar-refractivity contribution in [3.05, 3.63) is 134 Å². The SMILES string of the molecule is Cc1c(COc2cc(OCc3cncc(C#N)c3)c(CNC[C@@H](O)CC(=O)O)cc2Cl)cccc1-c1cccc(-c2ccc(CN(C)C)cc2)c1Br. The fraction of sp³-hybridized carbons (Fsp3) is 0.244. The number of carbonyl (C=O) groups is 1. The smallest absolute Gasteiger partial charge is 0.306 e. The molecule has 4 aromatic carbocycles. The predicted molar refractivity (Wildman–Crippen MR) is 206 cm³/mol. The summed E-state index contributed by atoms with van der Waals surface area (Å²) in [5.41, 5.74) is 9.50. The topological polar surface area (TPSA) is 128 Å². The van der Waals surface area contributed by atoms with Crippen LogP contribution in [0, 0.1) is 18.3 Å². The lowest BCUT2D eigenvalue weighted by Gasteiger charge is -2.18. The molecule has 52 heavy (non-hydrogen) atoms. The Labute approximate surface area is 317 Å².